The van der Waals surface area contributed by atoms with Gasteiger partial charge in [0.1, 0.15) is 0 Å². The molecule has 2 N–H and O–H groups in total. The zero-order valence-corrected chi connectivity index (χ0v) is 14.3. The van der Waals surface area contributed by atoms with Crippen molar-refractivity contribution in [3.8, 4) is 0 Å². The first kappa shape index (κ1) is 16.0. The molecular weight excluding hydrogens is 308 g/mol. The Bertz CT molecular complexity index is 811. The highest BCUT2D eigenvalue weighted by atomic mass is 32.2. The number of primary sulfonamides is 1. The number of fused-ring (bicyclic) bond motifs is 1. The molecule has 23 heavy (non-hydrogen) atoms. The van der Waals surface area contributed by atoms with Crippen LogP contribution in [0.15, 0.2) is 47.4 Å². The first-order valence-corrected chi connectivity index (χ1v) is 9.39. The largest absolute Gasteiger partial charge is 0.367 e. The summed E-state index contributed by atoms with van der Waals surface area (Å²) in [7, 11) is -3.63. The van der Waals surface area contributed by atoms with Gasteiger partial charge >= 0.3 is 0 Å². The molecule has 1 heterocycles. The lowest BCUT2D eigenvalue weighted by atomic mass is 10.0. The number of hydrogen-bond donors (Lipinski definition) is 1. The standard InChI is InChI=1S/C18H22N2O2S/c1-13(2)15-5-3-14(4-6-15)12-20-10-9-16-11-17(23(19,21)22)7-8-18(16)20/h3-8,11,13H,9-10,12H2,1-2H3,(H2,19,21,22). The van der Waals surface area contributed by atoms with Crippen molar-refractivity contribution >= 4 is 15.7 Å². The highest BCUT2D eigenvalue weighted by molar-refractivity contribution is 7.89. The van der Waals surface area contributed by atoms with Gasteiger partial charge in [0.25, 0.3) is 0 Å². The Labute approximate surface area is 138 Å². The van der Waals surface area contributed by atoms with E-state index in [1.807, 2.05) is 6.07 Å². The predicted molar refractivity (Wildman–Crippen MR) is 93.1 cm³/mol. The molecule has 3 rings (SSSR count). The van der Waals surface area contributed by atoms with Crippen molar-refractivity contribution in [2.24, 2.45) is 5.14 Å². The molecule has 0 saturated carbocycles. The quantitative estimate of drug-likeness (QED) is 0.937. The predicted octanol–water partition coefficient (Wildman–Crippen LogP) is 3.02. The Morgan fingerprint density at radius 3 is 2.43 bits per heavy atom. The Balaban J connectivity index is 1.80. The van der Waals surface area contributed by atoms with E-state index in [0.717, 1.165) is 30.8 Å². The number of nitrogens with two attached hydrogens (primary N) is 1. The SMILES string of the molecule is CC(C)c1ccc(CN2CCc3cc(S(N)(=O)=O)ccc32)cc1. The molecule has 1 aliphatic heterocycles. The monoisotopic (exact) mass is 330 g/mol. The van der Waals surface area contributed by atoms with Gasteiger partial charge in [-0.3, -0.25) is 0 Å². The second-order valence-corrected chi connectivity index (χ2v) is 7.96. The van der Waals surface area contributed by atoms with Gasteiger partial charge in [0, 0.05) is 18.8 Å². The van der Waals surface area contributed by atoms with E-state index in [9.17, 15) is 8.42 Å². The highest BCUT2D eigenvalue weighted by Gasteiger charge is 2.21. The topological polar surface area (TPSA) is 63.4 Å². The summed E-state index contributed by atoms with van der Waals surface area (Å²) in [5.74, 6) is 0.535. The fourth-order valence-electron chi connectivity index (χ4n) is 3.02. The van der Waals surface area contributed by atoms with E-state index in [4.69, 9.17) is 5.14 Å². The second-order valence-electron chi connectivity index (χ2n) is 6.40. The number of anilines is 1. The molecule has 0 aliphatic carbocycles. The van der Waals surface area contributed by atoms with E-state index in [2.05, 4.69) is 43.0 Å². The molecule has 0 bridgehead atoms. The lowest BCUT2D eigenvalue weighted by Gasteiger charge is -2.20. The molecule has 1 aliphatic rings. The second kappa shape index (κ2) is 5.98. The highest BCUT2D eigenvalue weighted by Crippen LogP contribution is 2.31. The third kappa shape index (κ3) is 3.41. The van der Waals surface area contributed by atoms with Crippen molar-refractivity contribution in [3.05, 3.63) is 59.2 Å². The molecular formula is C18H22N2O2S. The maximum atomic E-state index is 11.5. The average molecular weight is 330 g/mol. The van der Waals surface area contributed by atoms with Gasteiger partial charge in [-0.15, -0.1) is 0 Å². The minimum Gasteiger partial charge on any atom is -0.367 e. The van der Waals surface area contributed by atoms with Crippen molar-refractivity contribution in [1.29, 1.82) is 0 Å². The first-order valence-electron chi connectivity index (χ1n) is 7.84. The molecule has 2 aromatic carbocycles. The van der Waals surface area contributed by atoms with Crippen LogP contribution >= 0.6 is 0 Å². The molecule has 122 valence electrons. The molecule has 0 aromatic heterocycles. The summed E-state index contributed by atoms with van der Waals surface area (Å²) >= 11 is 0. The molecule has 0 saturated heterocycles. The van der Waals surface area contributed by atoms with E-state index in [1.165, 1.54) is 11.1 Å². The van der Waals surface area contributed by atoms with Crippen LogP contribution in [-0.4, -0.2) is 15.0 Å². The van der Waals surface area contributed by atoms with Crippen molar-refractivity contribution in [1.82, 2.24) is 0 Å². The molecule has 0 radical (unpaired) electrons. The first-order chi connectivity index (χ1) is 10.8. The number of hydrogen-bond acceptors (Lipinski definition) is 3. The summed E-state index contributed by atoms with van der Waals surface area (Å²) in [5.41, 5.74) is 4.76. The van der Waals surface area contributed by atoms with Crippen LogP contribution in [0.25, 0.3) is 0 Å². The minimum atomic E-state index is -3.63. The number of benzene rings is 2. The third-order valence-corrected chi connectivity index (χ3v) is 5.30. The van der Waals surface area contributed by atoms with Crippen molar-refractivity contribution in [2.75, 3.05) is 11.4 Å². The van der Waals surface area contributed by atoms with Crippen LogP contribution in [0.5, 0.6) is 0 Å². The summed E-state index contributed by atoms with van der Waals surface area (Å²) in [6.45, 7) is 6.11. The van der Waals surface area contributed by atoms with E-state index in [-0.39, 0.29) is 4.90 Å². The molecule has 0 amide bonds. The molecule has 0 spiro atoms. The number of nitrogens with zero attached hydrogens (tertiary/aromatic N) is 1. The van der Waals surface area contributed by atoms with Gasteiger partial charge in [-0.1, -0.05) is 38.1 Å². The van der Waals surface area contributed by atoms with Gasteiger partial charge in [0.2, 0.25) is 10.0 Å². The summed E-state index contributed by atoms with van der Waals surface area (Å²) in [4.78, 5) is 2.48. The summed E-state index contributed by atoms with van der Waals surface area (Å²) in [5, 5.41) is 5.21. The molecule has 0 unspecified atom stereocenters. The molecule has 5 heteroatoms. The normalized spacial score (nSPS) is 14.3. The van der Waals surface area contributed by atoms with E-state index >= 15 is 0 Å². The molecule has 2 aromatic rings. The minimum absolute atomic E-state index is 0.194. The van der Waals surface area contributed by atoms with Crippen LogP contribution in [0.1, 0.15) is 36.5 Å². The van der Waals surface area contributed by atoms with E-state index in [0.29, 0.717) is 5.92 Å². The fraction of sp³-hybridized carbons (Fsp3) is 0.333. The lowest BCUT2D eigenvalue weighted by molar-refractivity contribution is 0.597. The van der Waals surface area contributed by atoms with Crippen molar-refractivity contribution in [3.63, 3.8) is 0 Å². The maximum absolute atomic E-state index is 11.5. The zero-order valence-electron chi connectivity index (χ0n) is 13.5. The Morgan fingerprint density at radius 1 is 1.13 bits per heavy atom. The van der Waals surface area contributed by atoms with Gasteiger partial charge in [-0.05, 0) is 47.2 Å². The third-order valence-electron chi connectivity index (χ3n) is 4.39. The van der Waals surface area contributed by atoms with Crippen LogP contribution < -0.4 is 10.0 Å². The lowest BCUT2D eigenvalue weighted by Crippen LogP contribution is -2.19. The number of sulfonamides is 1. The van der Waals surface area contributed by atoms with Crippen LogP contribution in [0.4, 0.5) is 5.69 Å². The maximum Gasteiger partial charge on any atom is 0.238 e. The van der Waals surface area contributed by atoms with Crippen LogP contribution in [-0.2, 0) is 23.0 Å². The molecule has 0 atom stereocenters. The zero-order chi connectivity index (χ0) is 16.6. The van der Waals surface area contributed by atoms with Gasteiger partial charge in [0.05, 0.1) is 4.90 Å². The average Bonchev–Trinajstić information content (AvgIpc) is 2.89. The van der Waals surface area contributed by atoms with Crippen LogP contribution in [0.2, 0.25) is 0 Å². The van der Waals surface area contributed by atoms with Gasteiger partial charge < -0.3 is 4.90 Å². The number of rotatable bonds is 4. The molecule has 0 fully saturated rings. The van der Waals surface area contributed by atoms with Crippen LogP contribution in [0.3, 0.4) is 0 Å². The fourth-order valence-corrected chi connectivity index (χ4v) is 3.58. The van der Waals surface area contributed by atoms with Crippen molar-refractivity contribution < 1.29 is 8.42 Å². The van der Waals surface area contributed by atoms with Gasteiger partial charge in [0.15, 0.2) is 0 Å². The Hall–Kier alpha value is -1.85. The van der Waals surface area contributed by atoms with Crippen LogP contribution in [0, 0.1) is 0 Å². The van der Waals surface area contributed by atoms with E-state index in [1.54, 1.807) is 12.1 Å². The van der Waals surface area contributed by atoms with Gasteiger partial charge in [-0.2, -0.15) is 0 Å². The summed E-state index contributed by atoms with van der Waals surface area (Å²) < 4.78 is 22.9. The summed E-state index contributed by atoms with van der Waals surface area (Å²) in [6.07, 6.45) is 0.850. The molecule has 4 nitrogen and oxygen atoms in total. The summed E-state index contributed by atoms with van der Waals surface area (Å²) in [6, 6.07) is 13.9. The smallest absolute Gasteiger partial charge is 0.238 e. The van der Waals surface area contributed by atoms with Gasteiger partial charge in [-0.25, -0.2) is 13.6 Å². The van der Waals surface area contributed by atoms with Crippen molar-refractivity contribution in [2.45, 2.75) is 37.6 Å². The Morgan fingerprint density at radius 2 is 1.83 bits per heavy atom. The Kier molecular flexibility index (Phi) is 4.17. The van der Waals surface area contributed by atoms with E-state index < -0.39 is 10.0 Å².